The van der Waals surface area contributed by atoms with E-state index in [4.69, 9.17) is 0 Å². The van der Waals surface area contributed by atoms with Crippen molar-refractivity contribution in [1.29, 1.82) is 0 Å². The van der Waals surface area contributed by atoms with Crippen LogP contribution in [0.2, 0.25) is 13.3 Å². The molecule has 4 heteroatoms. The van der Waals surface area contributed by atoms with E-state index in [0.29, 0.717) is 3.58 Å². The molecule has 0 radical (unpaired) electrons. The second-order valence-electron chi connectivity index (χ2n) is 6.75. The Labute approximate surface area is 143 Å². The molecule has 0 aliphatic carbocycles. The third kappa shape index (κ3) is 5.14. The van der Waals surface area contributed by atoms with Gasteiger partial charge in [-0.15, -0.1) is 0 Å². The SMILES string of the molecule is CCC[CH2][Sn]([CH2]CCC)([CH2]CCC)[c]1c(F)cc(F)c(C)c1F. The molecule has 132 valence electrons. The van der Waals surface area contributed by atoms with Gasteiger partial charge in [-0.25, -0.2) is 0 Å². The van der Waals surface area contributed by atoms with E-state index in [0.717, 1.165) is 57.9 Å². The summed E-state index contributed by atoms with van der Waals surface area (Å²) in [6.45, 7) is 7.81. The van der Waals surface area contributed by atoms with Crippen molar-refractivity contribution in [1.82, 2.24) is 0 Å². The zero-order valence-corrected chi connectivity index (χ0v) is 17.9. The van der Waals surface area contributed by atoms with Crippen LogP contribution < -0.4 is 3.58 Å². The van der Waals surface area contributed by atoms with E-state index in [1.54, 1.807) is 0 Å². The Balaban J connectivity index is 3.43. The average Bonchev–Trinajstić information content (AvgIpc) is 2.53. The van der Waals surface area contributed by atoms with E-state index in [9.17, 15) is 13.2 Å². The van der Waals surface area contributed by atoms with E-state index in [2.05, 4.69) is 20.8 Å². The standard InChI is InChI=1S/C7H4F3.3C4H9.Sn/c1-4-6(9)2-5(8)3-7(4)10;3*1-3-4-2;/h2H,1H3;3*1,3-4H2,2H3;. The molecule has 0 nitrogen and oxygen atoms in total. The summed E-state index contributed by atoms with van der Waals surface area (Å²) in [4.78, 5) is 0. The normalized spacial score (nSPS) is 12.0. The van der Waals surface area contributed by atoms with Gasteiger partial charge in [0.15, 0.2) is 0 Å². The maximum absolute atomic E-state index is 14.9. The number of hydrogen-bond acceptors (Lipinski definition) is 0. The van der Waals surface area contributed by atoms with Crippen LogP contribution in [-0.4, -0.2) is 18.4 Å². The van der Waals surface area contributed by atoms with E-state index in [-0.39, 0.29) is 5.56 Å². The summed E-state index contributed by atoms with van der Waals surface area (Å²) in [7, 11) is 0. The second-order valence-corrected chi connectivity index (χ2v) is 19.8. The first-order chi connectivity index (χ1) is 10.9. The topological polar surface area (TPSA) is 0 Å². The molecule has 0 heterocycles. The number of unbranched alkanes of at least 4 members (excludes halogenated alkanes) is 3. The van der Waals surface area contributed by atoms with Crippen LogP contribution in [0.15, 0.2) is 6.07 Å². The summed E-state index contributed by atoms with van der Waals surface area (Å²) in [5, 5.41) is 0. The van der Waals surface area contributed by atoms with Crippen LogP contribution in [0.1, 0.15) is 64.9 Å². The van der Waals surface area contributed by atoms with Crippen molar-refractivity contribution < 1.29 is 13.2 Å². The maximum atomic E-state index is 14.9. The molecule has 1 aromatic rings. The Hall–Kier alpha value is -0.191. The Morgan fingerprint density at radius 3 is 1.61 bits per heavy atom. The first-order valence-corrected chi connectivity index (χ1v) is 16.6. The fraction of sp³-hybridized carbons (Fsp3) is 0.684. The molecule has 0 aliphatic rings. The fourth-order valence-electron chi connectivity index (χ4n) is 3.47. The van der Waals surface area contributed by atoms with E-state index >= 15 is 0 Å². The van der Waals surface area contributed by atoms with Crippen molar-refractivity contribution in [2.45, 2.75) is 79.5 Å². The summed E-state index contributed by atoms with van der Waals surface area (Å²) in [5.41, 5.74) is -0.00743. The van der Waals surface area contributed by atoms with Crippen molar-refractivity contribution in [2.75, 3.05) is 0 Å². The van der Waals surface area contributed by atoms with Crippen molar-refractivity contribution in [3.05, 3.63) is 29.1 Å². The molecule has 1 rings (SSSR count). The number of halogens is 3. The van der Waals surface area contributed by atoms with Crippen molar-refractivity contribution in [2.24, 2.45) is 0 Å². The minimum absolute atomic E-state index is 0.00743. The van der Waals surface area contributed by atoms with Gasteiger partial charge >= 0.3 is 144 Å². The molecular formula is C19H31F3Sn. The van der Waals surface area contributed by atoms with E-state index in [1.807, 2.05) is 0 Å². The van der Waals surface area contributed by atoms with Crippen molar-refractivity contribution in [3.63, 3.8) is 0 Å². The molecule has 0 saturated heterocycles. The molecule has 0 spiro atoms. The summed E-state index contributed by atoms with van der Waals surface area (Å²) in [6, 6.07) is 0.920. The van der Waals surface area contributed by atoms with Crippen LogP contribution in [0.25, 0.3) is 0 Å². The van der Waals surface area contributed by atoms with Crippen molar-refractivity contribution in [3.8, 4) is 0 Å². The van der Waals surface area contributed by atoms with Gasteiger partial charge in [0.2, 0.25) is 0 Å². The molecule has 0 N–H and O–H groups in total. The predicted molar refractivity (Wildman–Crippen MR) is 95.6 cm³/mol. The molecule has 0 aliphatic heterocycles. The Kier molecular flexibility index (Phi) is 9.02. The van der Waals surface area contributed by atoms with Crippen LogP contribution in [0, 0.1) is 24.4 Å². The van der Waals surface area contributed by atoms with Gasteiger partial charge in [-0.05, 0) is 0 Å². The van der Waals surface area contributed by atoms with Gasteiger partial charge in [0.1, 0.15) is 0 Å². The number of rotatable bonds is 10. The van der Waals surface area contributed by atoms with Crippen LogP contribution in [0.5, 0.6) is 0 Å². The van der Waals surface area contributed by atoms with Gasteiger partial charge in [-0.2, -0.15) is 0 Å². The first-order valence-electron chi connectivity index (χ1n) is 9.08. The molecule has 0 amide bonds. The van der Waals surface area contributed by atoms with Crippen LogP contribution in [-0.2, 0) is 0 Å². The molecule has 0 aromatic heterocycles. The molecule has 0 unspecified atom stereocenters. The van der Waals surface area contributed by atoms with Crippen LogP contribution in [0.3, 0.4) is 0 Å². The third-order valence-electron chi connectivity index (χ3n) is 4.96. The fourth-order valence-corrected chi connectivity index (χ4v) is 20.1. The Bertz CT molecular complexity index is 478. The number of hydrogen-bond donors (Lipinski definition) is 0. The van der Waals surface area contributed by atoms with Gasteiger partial charge in [-0.3, -0.25) is 0 Å². The molecule has 0 saturated carbocycles. The summed E-state index contributed by atoms with van der Waals surface area (Å²) < 4.78 is 46.5. The number of benzene rings is 1. The zero-order chi connectivity index (χ0) is 17.5. The summed E-state index contributed by atoms with van der Waals surface area (Å²) >= 11 is -3.21. The van der Waals surface area contributed by atoms with Gasteiger partial charge in [0, 0.05) is 0 Å². The van der Waals surface area contributed by atoms with Gasteiger partial charge < -0.3 is 0 Å². The quantitative estimate of drug-likeness (QED) is 0.370. The zero-order valence-electron chi connectivity index (χ0n) is 15.1. The molecule has 23 heavy (non-hydrogen) atoms. The van der Waals surface area contributed by atoms with E-state index in [1.165, 1.54) is 6.92 Å². The van der Waals surface area contributed by atoms with Crippen LogP contribution in [0.4, 0.5) is 13.2 Å². The predicted octanol–water partition coefficient (Wildman–Crippen LogP) is 6.47. The average molecular weight is 435 g/mol. The van der Waals surface area contributed by atoms with Gasteiger partial charge in [0.05, 0.1) is 0 Å². The van der Waals surface area contributed by atoms with Gasteiger partial charge in [0.25, 0.3) is 0 Å². The van der Waals surface area contributed by atoms with Crippen LogP contribution >= 0.6 is 0 Å². The molecule has 0 bridgehead atoms. The molecule has 1 aromatic carbocycles. The van der Waals surface area contributed by atoms with Gasteiger partial charge in [-0.1, -0.05) is 0 Å². The second kappa shape index (κ2) is 9.95. The molecule has 0 fully saturated rings. The Morgan fingerprint density at radius 1 is 0.783 bits per heavy atom. The third-order valence-corrected chi connectivity index (χ3v) is 20.5. The summed E-state index contributed by atoms with van der Waals surface area (Å²) in [5.74, 6) is -1.96. The van der Waals surface area contributed by atoms with E-state index < -0.39 is 35.8 Å². The monoisotopic (exact) mass is 436 g/mol. The minimum atomic E-state index is -3.21. The summed E-state index contributed by atoms with van der Waals surface area (Å²) in [6.07, 6.45) is 6.21. The Morgan fingerprint density at radius 2 is 1.22 bits per heavy atom. The molecule has 0 atom stereocenters. The van der Waals surface area contributed by atoms with Crippen molar-refractivity contribution >= 4 is 22.0 Å². The molecular weight excluding hydrogens is 404 g/mol. The first kappa shape index (κ1) is 20.9.